The zero-order valence-electron chi connectivity index (χ0n) is 14.3. The molecule has 27 heavy (non-hydrogen) atoms. The summed E-state index contributed by atoms with van der Waals surface area (Å²) in [5, 5.41) is 10.9. The van der Waals surface area contributed by atoms with Crippen molar-refractivity contribution in [1.29, 1.82) is 0 Å². The van der Waals surface area contributed by atoms with E-state index in [4.69, 9.17) is 9.84 Å². The molecule has 0 saturated carbocycles. The number of fused-ring (bicyclic) bond motifs is 3. The Balaban J connectivity index is 1.58. The molecule has 4 rings (SSSR count). The number of carbonyl (C=O) groups excluding carboxylic acids is 1. The first kappa shape index (κ1) is 17.5. The number of benzene rings is 2. The van der Waals surface area contributed by atoms with E-state index in [0.29, 0.717) is 18.4 Å². The molecule has 1 amide bonds. The van der Waals surface area contributed by atoms with E-state index in [1.54, 1.807) is 12.1 Å². The second kappa shape index (κ2) is 6.38. The van der Waals surface area contributed by atoms with Crippen LogP contribution in [0.5, 0.6) is 0 Å². The van der Waals surface area contributed by atoms with Gasteiger partial charge in [-0.05, 0) is 35.8 Å². The second-order valence-corrected chi connectivity index (χ2v) is 8.53. The molecule has 0 radical (unpaired) electrons. The molecule has 140 valence electrons. The lowest BCUT2D eigenvalue weighted by molar-refractivity contribution is -0.141. The molecule has 2 aromatic rings. The van der Waals surface area contributed by atoms with Gasteiger partial charge < -0.3 is 9.84 Å². The van der Waals surface area contributed by atoms with Crippen LogP contribution >= 0.6 is 0 Å². The standard InChI is InChI=1S/C19H17NO6S/c21-18(22)16-6-3-9-20(16)19(23)26-11-13-10-15-14-5-2-1-4-12(14)7-8-17(15)27(13,24)25/h1-2,4-5,7-8,10,16H,3,6,9,11H2,(H,21,22)/t16-/m0/s1. The smallest absolute Gasteiger partial charge is 0.410 e. The van der Waals surface area contributed by atoms with E-state index in [9.17, 15) is 18.0 Å². The molecular formula is C19H17NO6S. The number of carboxylic acid groups (broad SMARTS) is 1. The Labute approximate surface area is 155 Å². The summed E-state index contributed by atoms with van der Waals surface area (Å²) in [6, 6.07) is 9.83. The minimum atomic E-state index is -3.74. The monoisotopic (exact) mass is 387 g/mol. The highest BCUT2D eigenvalue weighted by Crippen LogP contribution is 2.37. The van der Waals surface area contributed by atoms with E-state index in [1.807, 2.05) is 24.3 Å². The SMILES string of the molecule is O=C(O)[C@@H]1CCCN1C(=O)OCC1=Cc2c(ccc3ccccc23)S1(=O)=O. The summed E-state index contributed by atoms with van der Waals surface area (Å²) < 4.78 is 30.7. The fourth-order valence-electron chi connectivity index (χ4n) is 3.62. The Morgan fingerprint density at radius 1 is 1.19 bits per heavy atom. The van der Waals surface area contributed by atoms with Gasteiger partial charge in [0.15, 0.2) is 0 Å². The third-order valence-electron chi connectivity index (χ3n) is 4.98. The van der Waals surface area contributed by atoms with Crippen LogP contribution < -0.4 is 0 Å². The van der Waals surface area contributed by atoms with Crippen LogP contribution in [-0.2, 0) is 19.4 Å². The lowest BCUT2D eigenvalue weighted by atomic mass is 10.0. The van der Waals surface area contributed by atoms with Gasteiger partial charge in [-0.3, -0.25) is 4.90 Å². The maximum absolute atomic E-state index is 12.8. The summed E-state index contributed by atoms with van der Waals surface area (Å²) in [7, 11) is -3.74. The van der Waals surface area contributed by atoms with E-state index in [-0.39, 0.29) is 16.3 Å². The molecule has 1 atom stereocenters. The predicted octanol–water partition coefficient (Wildman–Crippen LogP) is 2.65. The van der Waals surface area contributed by atoms with Gasteiger partial charge in [0.2, 0.25) is 9.84 Å². The molecule has 7 nitrogen and oxygen atoms in total. The zero-order chi connectivity index (χ0) is 19.2. The van der Waals surface area contributed by atoms with E-state index < -0.39 is 34.5 Å². The van der Waals surface area contributed by atoms with Crippen molar-refractivity contribution >= 4 is 38.7 Å². The Bertz CT molecular complexity index is 1090. The summed E-state index contributed by atoms with van der Waals surface area (Å²) in [4.78, 5) is 24.7. The molecule has 0 aromatic heterocycles. The molecule has 0 aliphatic carbocycles. The lowest BCUT2D eigenvalue weighted by Gasteiger charge is -2.20. The summed E-state index contributed by atoms with van der Waals surface area (Å²) >= 11 is 0. The number of nitrogens with zero attached hydrogens (tertiary/aromatic N) is 1. The molecule has 2 aromatic carbocycles. The van der Waals surface area contributed by atoms with Gasteiger partial charge in [-0.25, -0.2) is 18.0 Å². The summed E-state index contributed by atoms with van der Waals surface area (Å²) in [6.45, 7) is -0.139. The van der Waals surface area contributed by atoms with Crippen molar-refractivity contribution < 1.29 is 27.9 Å². The van der Waals surface area contributed by atoms with Crippen molar-refractivity contribution in [3.05, 3.63) is 46.9 Å². The van der Waals surface area contributed by atoms with E-state index >= 15 is 0 Å². The molecule has 0 spiro atoms. The number of aliphatic carboxylic acids is 1. The first-order valence-electron chi connectivity index (χ1n) is 8.53. The molecule has 1 N–H and O–H groups in total. The third kappa shape index (κ3) is 2.86. The van der Waals surface area contributed by atoms with Crippen LogP contribution in [-0.4, -0.2) is 49.7 Å². The van der Waals surface area contributed by atoms with Crippen LogP contribution in [0, 0.1) is 0 Å². The maximum Gasteiger partial charge on any atom is 0.410 e. The van der Waals surface area contributed by atoms with Crippen LogP contribution in [0.4, 0.5) is 4.79 Å². The van der Waals surface area contributed by atoms with Crippen molar-refractivity contribution in [1.82, 2.24) is 4.90 Å². The van der Waals surface area contributed by atoms with Gasteiger partial charge >= 0.3 is 12.1 Å². The number of carbonyl (C=O) groups is 2. The first-order valence-corrected chi connectivity index (χ1v) is 10.0. The number of amides is 1. The molecule has 8 heteroatoms. The average Bonchev–Trinajstić information content (AvgIpc) is 3.23. The van der Waals surface area contributed by atoms with Crippen molar-refractivity contribution in [3.8, 4) is 0 Å². The van der Waals surface area contributed by atoms with Crippen molar-refractivity contribution in [2.45, 2.75) is 23.8 Å². The van der Waals surface area contributed by atoms with E-state index in [1.165, 1.54) is 6.08 Å². The number of ether oxygens (including phenoxy) is 1. The van der Waals surface area contributed by atoms with Gasteiger partial charge in [-0.2, -0.15) is 0 Å². The molecule has 1 saturated heterocycles. The average molecular weight is 387 g/mol. The Kier molecular flexibility index (Phi) is 4.15. The predicted molar refractivity (Wildman–Crippen MR) is 97.8 cm³/mol. The molecule has 1 fully saturated rings. The quantitative estimate of drug-likeness (QED) is 0.869. The van der Waals surface area contributed by atoms with Crippen molar-refractivity contribution in [3.63, 3.8) is 0 Å². The third-order valence-corrected chi connectivity index (χ3v) is 6.84. The van der Waals surface area contributed by atoms with Crippen LogP contribution in [0.2, 0.25) is 0 Å². The molecule has 2 aliphatic heterocycles. The van der Waals surface area contributed by atoms with Crippen molar-refractivity contribution in [2.75, 3.05) is 13.2 Å². The number of rotatable bonds is 3. The summed E-state index contributed by atoms with van der Waals surface area (Å²) in [6.07, 6.45) is 1.66. The van der Waals surface area contributed by atoms with Crippen LogP contribution in [0.15, 0.2) is 46.2 Å². The van der Waals surface area contributed by atoms with Gasteiger partial charge in [0.05, 0.1) is 9.80 Å². The van der Waals surface area contributed by atoms with E-state index in [2.05, 4.69) is 0 Å². The molecule has 0 unspecified atom stereocenters. The van der Waals surface area contributed by atoms with Crippen molar-refractivity contribution in [2.24, 2.45) is 0 Å². The van der Waals surface area contributed by atoms with Crippen LogP contribution in [0.25, 0.3) is 16.8 Å². The number of sulfone groups is 1. The number of hydrogen-bond donors (Lipinski definition) is 1. The van der Waals surface area contributed by atoms with Crippen LogP contribution in [0.3, 0.4) is 0 Å². The first-order chi connectivity index (χ1) is 12.9. The minimum absolute atomic E-state index is 0.00623. The highest BCUT2D eigenvalue weighted by Gasteiger charge is 2.36. The fraction of sp³-hybridized carbons (Fsp3) is 0.263. The topological polar surface area (TPSA) is 101 Å². The molecule has 2 heterocycles. The number of carboxylic acids is 1. The zero-order valence-corrected chi connectivity index (χ0v) is 15.1. The van der Waals surface area contributed by atoms with Gasteiger partial charge in [-0.15, -0.1) is 0 Å². The summed E-state index contributed by atoms with van der Waals surface area (Å²) in [5.74, 6) is -1.09. The van der Waals surface area contributed by atoms with Gasteiger partial charge in [0, 0.05) is 12.1 Å². The van der Waals surface area contributed by atoms with Gasteiger partial charge in [-0.1, -0.05) is 30.3 Å². The number of hydrogen-bond acceptors (Lipinski definition) is 5. The lowest BCUT2D eigenvalue weighted by Crippen LogP contribution is -2.41. The Hall–Kier alpha value is -2.87. The molecule has 0 bridgehead atoms. The summed E-state index contributed by atoms with van der Waals surface area (Å²) in [5.41, 5.74) is 0.587. The number of likely N-dealkylation sites (tertiary alicyclic amines) is 1. The minimum Gasteiger partial charge on any atom is -0.480 e. The molecule has 2 aliphatic rings. The Morgan fingerprint density at radius 2 is 1.96 bits per heavy atom. The van der Waals surface area contributed by atoms with Crippen LogP contribution in [0.1, 0.15) is 18.4 Å². The highest BCUT2D eigenvalue weighted by molar-refractivity contribution is 7.95. The largest absolute Gasteiger partial charge is 0.480 e. The second-order valence-electron chi connectivity index (χ2n) is 6.56. The maximum atomic E-state index is 12.8. The highest BCUT2D eigenvalue weighted by atomic mass is 32.2. The van der Waals surface area contributed by atoms with Gasteiger partial charge in [0.1, 0.15) is 12.6 Å². The normalized spacial score (nSPS) is 20.4. The van der Waals surface area contributed by atoms with Gasteiger partial charge in [0.25, 0.3) is 0 Å². The Morgan fingerprint density at radius 3 is 2.74 bits per heavy atom. The molecular weight excluding hydrogens is 370 g/mol. The van der Waals surface area contributed by atoms with E-state index in [0.717, 1.165) is 15.7 Å². The fourth-order valence-corrected chi connectivity index (χ4v) is 5.09.